The highest BCUT2D eigenvalue weighted by Crippen LogP contribution is 2.18. The van der Waals surface area contributed by atoms with Crippen molar-refractivity contribution in [3.8, 4) is 11.8 Å². The quantitative estimate of drug-likeness (QED) is 0.820. The summed E-state index contributed by atoms with van der Waals surface area (Å²) in [5.74, 6) is 0.844. The zero-order valence-corrected chi connectivity index (χ0v) is 10.7. The third kappa shape index (κ3) is 4.08. The summed E-state index contributed by atoms with van der Waals surface area (Å²) in [6, 6.07) is 10.1. The molecule has 17 heavy (non-hydrogen) atoms. The van der Waals surface area contributed by atoms with Gasteiger partial charge in [0, 0.05) is 6.04 Å². The SMILES string of the molecule is CCOc1ccc(C(C#N)NC(C)CC)cc1. The molecule has 0 aliphatic heterocycles. The number of hydrogen-bond donors (Lipinski definition) is 1. The number of nitrogens with zero attached hydrogens (tertiary/aromatic N) is 1. The lowest BCUT2D eigenvalue weighted by Crippen LogP contribution is -2.29. The molecule has 0 aliphatic rings. The summed E-state index contributed by atoms with van der Waals surface area (Å²) < 4.78 is 5.37. The second kappa shape index (κ2) is 6.93. The Labute approximate surface area is 103 Å². The van der Waals surface area contributed by atoms with Crippen LogP contribution in [0.2, 0.25) is 0 Å². The number of benzene rings is 1. The van der Waals surface area contributed by atoms with E-state index < -0.39 is 0 Å². The smallest absolute Gasteiger partial charge is 0.121 e. The van der Waals surface area contributed by atoms with Gasteiger partial charge in [-0.05, 0) is 38.0 Å². The van der Waals surface area contributed by atoms with Gasteiger partial charge in [0.05, 0.1) is 12.7 Å². The fraction of sp³-hybridized carbons (Fsp3) is 0.500. The molecule has 1 N–H and O–H groups in total. The van der Waals surface area contributed by atoms with E-state index in [2.05, 4.69) is 25.2 Å². The molecule has 3 nitrogen and oxygen atoms in total. The monoisotopic (exact) mass is 232 g/mol. The third-order valence-corrected chi connectivity index (χ3v) is 2.72. The van der Waals surface area contributed by atoms with E-state index in [1.807, 2.05) is 31.2 Å². The fourth-order valence-corrected chi connectivity index (χ4v) is 1.53. The van der Waals surface area contributed by atoms with Crippen LogP contribution in [0, 0.1) is 11.3 Å². The van der Waals surface area contributed by atoms with Gasteiger partial charge in [0.1, 0.15) is 11.8 Å². The lowest BCUT2D eigenvalue weighted by atomic mass is 10.1. The first-order chi connectivity index (χ1) is 8.21. The van der Waals surface area contributed by atoms with Crippen molar-refractivity contribution >= 4 is 0 Å². The van der Waals surface area contributed by atoms with Crippen LogP contribution in [0.3, 0.4) is 0 Å². The molecule has 0 spiro atoms. The minimum absolute atomic E-state index is 0.249. The van der Waals surface area contributed by atoms with Crippen LogP contribution in [0.5, 0.6) is 5.75 Å². The summed E-state index contributed by atoms with van der Waals surface area (Å²) in [5, 5.41) is 12.4. The minimum atomic E-state index is -0.249. The maximum atomic E-state index is 9.15. The first-order valence-electron chi connectivity index (χ1n) is 6.09. The Hall–Kier alpha value is -1.53. The van der Waals surface area contributed by atoms with Crippen molar-refractivity contribution in [3.63, 3.8) is 0 Å². The molecular weight excluding hydrogens is 212 g/mol. The molecule has 0 bridgehead atoms. The Morgan fingerprint density at radius 2 is 1.94 bits per heavy atom. The molecule has 2 unspecified atom stereocenters. The standard InChI is InChI=1S/C14H20N2O/c1-4-11(3)16-14(10-15)12-6-8-13(9-7-12)17-5-2/h6-9,11,14,16H,4-5H2,1-3H3. The normalized spacial score (nSPS) is 13.8. The average Bonchev–Trinajstić information content (AvgIpc) is 2.37. The van der Waals surface area contributed by atoms with E-state index in [9.17, 15) is 0 Å². The zero-order valence-electron chi connectivity index (χ0n) is 10.7. The molecule has 0 heterocycles. The Kier molecular flexibility index (Phi) is 5.51. The number of hydrogen-bond acceptors (Lipinski definition) is 3. The molecule has 0 amide bonds. The van der Waals surface area contributed by atoms with Crippen molar-refractivity contribution in [2.24, 2.45) is 0 Å². The van der Waals surface area contributed by atoms with E-state index in [-0.39, 0.29) is 6.04 Å². The number of rotatable bonds is 6. The minimum Gasteiger partial charge on any atom is -0.494 e. The van der Waals surface area contributed by atoms with Gasteiger partial charge in [0.2, 0.25) is 0 Å². The van der Waals surface area contributed by atoms with E-state index in [0.29, 0.717) is 12.6 Å². The summed E-state index contributed by atoms with van der Waals surface area (Å²) in [6.45, 7) is 6.80. The molecule has 1 rings (SSSR count). The van der Waals surface area contributed by atoms with Crippen LogP contribution in [0.25, 0.3) is 0 Å². The van der Waals surface area contributed by atoms with Crippen molar-refractivity contribution in [1.82, 2.24) is 5.32 Å². The van der Waals surface area contributed by atoms with Crippen molar-refractivity contribution in [3.05, 3.63) is 29.8 Å². The zero-order chi connectivity index (χ0) is 12.7. The molecule has 2 atom stereocenters. The van der Waals surface area contributed by atoms with Crippen molar-refractivity contribution in [2.75, 3.05) is 6.61 Å². The second-order valence-electron chi connectivity index (χ2n) is 4.04. The van der Waals surface area contributed by atoms with E-state index >= 15 is 0 Å². The molecule has 0 saturated heterocycles. The molecule has 0 saturated carbocycles. The maximum absolute atomic E-state index is 9.15. The highest BCUT2D eigenvalue weighted by atomic mass is 16.5. The average molecular weight is 232 g/mol. The topological polar surface area (TPSA) is 45.0 Å². The predicted molar refractivity (Wildman–Crippen MR) is 68.9 cm³/mol. The van der Waals surface area contributed by atoms with Gasteiger partial charge in [-0.15, -0.1) is 0 Å². The van der Waals surface area contributed by atoms with Crippen LogP contribution in [-0.2, 0) is 0 Å². The first-order valence-corrected chi connectivity index (χ1v) is 6.09. The summed E-state index contributed by atoms with van der Waals surface area (Å²) in [6.07, 6.45) is 1.01. The summed E-state index contributed by atoms with van der Waals surface area (Å²) in [7, 11) is 0. The van der Waals surface area contributed by atoms with Crippen LogP contribution in [0.1, 0.15) is 38.8 Å². The lowest BCUT2D eigenvalue weighted by Gasteiger charge is -2.17. The summed E-state index contributed by atoms with van der Waals surface area (Å²) >= 11 is 0. The van der Waals surface area contributed by atoms with Crippen LogP contribution in [0.15, 0.2) is 24.3 Å². The molecule has 0 aromatic heterocycles. The van der Waals surface area contributed by atoms with Crippen LogP contribution >= 0.6 is 0 Å². The summed E-state index contributed by atoms with van der Waals surface area (Å²) in [5.41, 5.74) is 0.983. The Morgan fingerprint density at radius 3 is 2.41 bits per heavy atom. The van der Waals surface area contributed by atoms with Crippen LogP contribution in [0.4, 0.5) is 0 Å². The van der Waals surface area contributed by atoms with Crippen molar-refractivity contribution in [2.45, 2.75) is 39.3 Å². The van der Waals surface area contributed by atoms with Crippen molar-refractivity contribution in [1.29, 1.82) is 5.26 Å². The molecule has 1 aromatic carbocycles. The third-order valence-electron chi connectivity index (χ3n) is 2.72. The van der Waals surface area contributed by atoms with Gasteiger partial charge in [-0.3, -0.25) is 5.32 Å². The molecule has 0 aliphatic carbocycles. The number of nitrogens with one attached hydrogen (secondary N) is 1. The molecule has 0 fully saturated rings. The highest BCUT2D eigenvalue weighted by molar-refractivity contribution is 5.31. The molecular formula is C14H20N2O. The van der Waals surface area contributed by atoms with Gasteiger partial charge >= 0.3 is 0 Å². The van der Waals surface area contributed by atoms with Crippen LogP contribution in [-0.4, -0.2) is 12.6 Å². The molecule has 92 valence electrons. The largest absolute Gasteiger partial charge is 0.494 e. The maximum Gasteiger partial charge on any atom is 0.121 e. The van der Waals surface area contributed by atoms with Gasteiger partial charge in [-0.1, -0.05) is 19.1 Å². The molecule has 0 radical (unpaired) electrons. The van der Waals surface area contributed by atoms with E-state index in [1.165, 1.54) is 0 Å². The Balaban J connectivity index is 2.72. The van der Waals surface area contributed by atoms with Gasteiger partial charge in [-0.25, -0.2) is 0 Å². The fourth-order valence-electron chi connectivity index (χ4n) is 1.53. The Morgan fingerprint density at radius 1 is 1.29 bits per heavy atom. The second-order valence-corrected chi connectivity index (χ2v) is 4.04. The first kappa shape index (κ1) is 13.5. The number of nitriles is 1. The predicted octanol–water partition coefficient (Wildman–Crippen LogP) is 3.04. The van der Waals surface area contributed by atoms with Gasteiger partial charge in [0.15, 0.2) is 0 Å². The van der Waals surface area contributed by atoms with E-state index in [1.54, 1.807) is 0 Å². The molecule has 3 heteroatoms. The van der Waals surface area contributed by atoms with Gasteiger partial charge in [-0.2, -0.15) is 5.26 Å². The van der Waals surface area contributed by atoms with Gasteiger partial charge < -0.3 is 4.74 Å². The number of ether oxygens (including phenoxy) is 1. The lowest BCUT2D eigenvalue weighted by molar-refractivity contribution is 0.340. The van der Waals surface area contributed by atoms with E-state index in [4.69, 9.17) is 10.00 Å². The summed E-state index contributed by atoms with van der Waals surface area (Å²) in [4.78, 5) is 0. The molecule has 1 aromatic rings. The van der Waals surface area contributed by atoms with Gasteiger partial charge in [0.25, 0.3) is 0 Å². The van der Waals surface area contributed by atoms with Crippen LogP contribution < -0.4 is 10.1 Å². The van der Waals surface area contributed by atoms with E-state index in [0.717, 1.165) is 17.7 Å². The Bertz CT molecular complexity index is 367. The van der Waals surface area contributed by atoms with Crippen molar-refractivity contribution < 1.29 is 4.74 Å². The highest BCUT2D eigenvalue weighted by Gasteiger charge is 2.12.